The van der Waals surface area contributed by atoms with Crippen LogP contribution in [0.3, 0.4) is 0 Å². The van der Waals surface area contributed by atoms with Crippen LogP contribution in [0.15, 0.2) is 58.5 Å². The molecule has 6 nitrogen and oxygen atoms in total. The van der Waals surface area contributed by atoms with Crippen LogP contribution in [0.4, 0.5) is 0 Å². The summed E-state index contributed by atoms with van der Waals surface area (Å²) in [6.07, 6.45) is 1.16. The number of fused-ring (bicyclic) bond motifs is 1. The standard InChI is InChI=1S/C25H29N3O3S/c1-17-12-18(2)14-27(13-17)23(29)16-32-25-26-22-7-5-4-6-21(22)24(30)28(25)15-19-8-10-20(31-3)11-9-19/h4-11,17-18H,12-16H2,1-3H3. The molecule has 3 aromatic rings. The SMILES string of the molecule is COc1ccc(Cn2c(SCC(=O)N3CC(C)CC(C)C3)nc3ccccc3c2=O)cc1. The molecule has 0 radical (unpaired) electrons. The van der Waals surface area contributed by atoms with Crippen LogP contribution >= 0.6 is 11.8 Å². The molecule has 0 spiro atoms. The highest BCUT2D eigenvalue weighted by Crippen LogP contribution is 2.24. The van der Waals surface area contributed by atoms with Crippen LogP contribution in [-0.4, -0.2) is 46.3 Å². The third-order valence-corrected chi connectivity index (χ3v) is 6.83. The molecule has 1 fully saturated rings. The van der Waals surface area contributed by atoms with E-state index >= 15 is 0 Å². The second-order valence-electron chi connectivity index (χ2n) is 8.68. The van der Waals surface area contributed by atoms with Crippen LogP contribution in [0, 0.1) is 11.8 Å². The van der Waals surface area contributed by atoms with Crippen molar-refractivity contribution in [3.05, 3.63) is 64.4 Å². The Kier molecular flexibility index (Phi) is 6.84. The zero-order valence-corrected chi connectivity index (χ0v) is 19.6. The van der Waals surface area contributed by atoms with E-state index in [2.05, 4.69) is 13.8 Å². The number of piperidine rings is 1. The average Bonchev–Trinajstić information content (AvgIpc) is 2.79. The molecule has 2 aromatic carbocycles. The van der Waals surface area contributed by atoms with Gasteiger partial charge < -0.3 is 9.64 Å². The van der Waals surface area contributed by atoms with Crippen molar-refractivity contribution in [2.24, 2.45) is 11.8 Å². The van der Waals surface area contributed by atoms with E-state index in [0.29, 0.717) is 34.4 Å². The molecule has 1 aromatic heterocycles. The highest BCUT2D eigenvalue weighted by atomic mass is 32.2. The number of ether oxygens (including phenoxy) is 1. The molecule has 2 atom stereocenters. The summed E-state index contributed by atoms with van der Waals surface area (Å²) in [6, 6.07) is 15.0. The average molecular weight is 452 g/mol. The Balaban J connectivity index is 1.61. The van der Waals surface area contributed by atoms with Gasteiger partial charge in [-0.2, -0.15) is 0 Å². The number of rotatable bonds is 6. The van der Waals surface area contributed by atoms with Gasteiger partial charge in [0.2, 0.25) is 5.91 Å². The Labute approximate surface area is 192 Å². The number of carbonyl (C=O) groups is 1. The third kappa shape index (κ3) is 4.99. The third-order valence-electron chi connectivity index (χ3n) is 5.87. The summed E-state index contributed by atoms with van der Waals surface area (Å²) in [5, 5.41) is 1.14. The summed E-state index contributed by atoms with van der Waals surface area (Å²) in [5.74, 6) is 2.17. The van der Waals surface area contributed by atoms with Crippen LogP contribution in [-0.2, 0) is 11.3 Å². The fourth-order valence-electron chi connectivity index (χ4n) is 4.39. The lowest BCUT2D eigenvalue weighted by Crippen LogP contribution is -2.43. The minimum Gasteiger partial charge on any atom is -0.497 e. The van der Waals surface area contributed by atoms with Crippen LogP contribution in [0.2, 0.25) is 0 Å². The molecule has 0 bridgehead atoms. The van der Waals surface area contributed by atoms with Crippen molar-refractivity contribution in [2.45, 2.75) is 32.0 Å². The second-order valence-corrected chi connectivity index (χ2v) is 9.63. The van der Waals surface area contributed by atoms with E-state index in [4.69, 9.17) is 9.72 Å². The topological polar surface area (TPSA) is 64.4 Å². The number of hydrogen-bond acceptors (Lipinski definition) is 5. The first-order valence-corrected chi connectivity index (χ1v) is 12.0. The van der Waals surface area contributed by atoms with Crippen molar-refractivity contribution in [2.75, 3.05) is 26.0 Å². The molecule has 0 aliphatic carbocycles. The van der Waals surface area contributed by atoms with Gasteiger partial charge in [-0.25, -0.2) is 4.98 Å². The lowest BCUT2D eigenvalue weighted by atomic mass is 9.92. The number of aromatic nitrogens is 2. The first kappa shape index (κ1) is 22.4. The van der Waals surface area contributed by atoms with Crippen molar-refractivity contribution in [3.8, 4) is 5.75 Å². The Bertz CT molecular complexity index is 1150. The van der Waals surface area contributed by atoms with Gasteiger partial charge in [0.25, 0.3) is 5.56 Å². The van der Waals surface area contributed by atoms with E-state index in [1.807, 2.05) is 47.4 Å². The summed E-state index contributed by atoms with van der Waals surface area (Å²) >= 11 is 1.34. The molecule has 4 rings (SSSR count). The summed E-state index contributed by atoms with van der Waals surface area (Å²) < 4.78 is 6.91. The lowest BCUT2D eigenvalue weighted by molar-refractivity contribution is -0.130. The number of amides is 1. The Morgan fingerprint density at radius 2 is 1.78 bits per heavy atom. The lowest BCUT2D eigenvalue weighted by Gasteiger charge is -2.35. The summed E-state index contributed by atoms with van der Waals surface area (Å²) in [5.41, 5.74) is 1.53. The van der Waals surface area contributed by atoms with Crippen molar-refractivity contribution >= 4 is 28.6 Å². The number of likely N-dealkylation sites (tertiary alicyclic amines) is 1. The molecule has 1 aliphatic rings. The number of para-hydroxylation sites is 1. The highest BCUT2D eigenvalue weighted by molar-refractivity contribution is 7.99. The van der Waals surface area contributed by atoms with Crippen LogP contribution in [0.5, 0.6) is 5.75 Å². The molecule has 1 aliphatic heterocycles. The minimum absolute atomic E-state index is 0.0958. The Morgan fingerprint density at radius 1 is 1.09 bits per heavy atom. The number of hydrogen-bond donors (Lipinski definition) is 0. The van der Waals surface area contributed by atoms with E-state index in [0.717, 1.165) is 30.8 Å². The molecule has 2 heterocycles. The molecule has 2 unspecified atom stereocenters. The first-order chi connectivity index (χ1) is 15.4. The summed E-state index contributed by atoms with van der Waals surface area (Å²) in [7, 11) is 1.63. The van der Waals surface area contributed by atoms with Gasteiger partial charge in [0.05, 0.1) is 30.3 Å². The normalized spacial score (nSPS) is 18.7. The van der Waals surface area contributed by atoms with Gasteiger partial charge in [-0.3, -0.25) is 14.2 Å². The zero-order chi connectivity index (χ0) is 22.7. The molecule has 1 amide bonds. The van der Waals surface area contributed by atoms with Gasteiger partial charge in [0.1, 0.15) is 5.75 Å². The predicted molar refractivity (Wildman–Crippen MR) is 128 cm³/mol. The number of thioether (sulfide) groups is 1. The van der Waals surface area contributed by atoms with Gasteiger partial charge >= 0.3 is 0 Å². The monoisotopic (exact) mass is 451 g/mol. The van der Waals surface area contributed by atoms with Crippen LogP contribution in [0.25, 0.3) is 10.9 Å². The maximum absolute atomic E-state index is 13.3. The van der Waals surface area contributed by atoms with E-state index < -0.39 is 0 Å². The number of benzene rings is 2. The number of nitrogens with zero attached hydrogens (tertiary/aromatic N) is 3. The second kappa shape index (κ2) is 9.77. The largest absolute Gasteiger partial charge is 0.497 e. The Hall–Kier alpha value is -2.80. The number of methoxy groups -OCH3 is 1. The van der Waals surface area contributed by atoms with Crippen molar-refractivity contribution < 1.29 is 9.53 Å². The maximum atomic E-state index is 13.3. The highest BCUT2D eigenvalue weighted by Gasteiger charge is 2.25. The zero-order valence-electron chi connectivity index (χ0n) is 18.8. The molecule has 1 saturated heterocycles. The molecule has 168 valence electrons. The smallest absolute Gasteiger partial charge is 0.262 e. The summed E-state index contributed by atoms with van der Waals surface area (Å²) in [6.45, 7) is 6.37. The van der Waals surface area contributed by atoms with E-state index in [-0.39, 0.29) is 17.2 Å². The van der Waals surface area contributed by atoms with Gasteiger partial charge in [-0.15, -0.1) is 0 Å². The van der Waals surface area contributed by atoms with Crippen LogP contribution < -0.4 is 10.3 Å². The van der Waals surface area contributed by atoms with E-state index in [1.165, 1.54) is 11.8 Å². The predicted octanol–water partition coefficient (Wildman–Crippen LogP) is 4.05. The van der Waals surface area contributed by atoms with Gasteiger partial charge in [-0.1, -0.05) is 49.9 Å². The minimum atomic E-state index is -0.0958. The van der Waals surface area contributed by atoms with Crippen molar-refractivity contribution in [1.82, 2.24) is 14.5 Å². The van der Waals surface area contributed by atoms with E-state index in [1.54, 1.807) is 17.7 Å². The van der Waals surface area contributed by atoms with E-state index in [9.17, 15) is 9.59 Å². The fraction of sp³-hybridized carbons (Fsp3) is 0.400. The molecular formula is C25H29N3O3S. The van der Waals surface area contributed by atoms with Crippen molar-refractivity contribution in [1.29, 1.82) is 0 Å². The maximum Gasteiger partial charge on any atom is 0.262 e. The first-order valence-electron chi connectivity index (χ1n) is 11.0. The number of carbonyl (C=O) groups excluding carboxylic acids is 1. The van der Waals surface area contributed by atoms with Crippen molar-refractivity contribution in [3.63, 3.8) is 0 Å². The Morgan fingerprint density at radius 3 is 2.47 bits per heavy atom. The molecule has 7 heteroatoms. The quantitative estimate of drug-likeness (QED) is 0.418. The van der Waals surface area contributed by atoms with Gasteiger partial charge in [0, 0.05) is 13.1 Å². The fourth-order valence-corrected chi connectivity index (χ4v) is 5.30. The summed E-state index contributed by atoms with van der Waals surface area (Å²) in [4.78, 5) is 32.9. The molecule has 0 N–H and O–H groups in total. The van der Waals surface area contributed by atoms with Gasteiger partial charge in [0.15, 0.2) is 5.16 Å². The molecule has 32 heavy (non-hydrogen) atoms. The molecule has 0 saturated carbocycles. The van der Waals surface area contributed by atoms with Gasteiger partial charge in [-0.05, 0) is 48.1 Å². The van der Waals surface area contributed by atoms with Crippen LogP contribution in [0.1, 0.15) is 25.8 Å². The molecular weight excluding hydrogens is 422 g/mol.